The van der Waals surface area contributed by atoms with Crippen molar-refractivity contribution in [1.29, 1.82) is 0 Å². The Bertz CT molecular complexity index is 1240. The number of nitrogens with zero attached hydrogens (tertiary/aromatic N) is 3. The van der Waals surface area contributed by atoms with Crippen molar-refractivity contribution in [2.24, 2.45) is 0 Å². The van der Waals surface area contributed by atoms with E-state index in [0.717, 1.165) is 12.1 Å². The highest BCUT2D eigenvalue weighted by Crippen LogP contribution is 2.34. The van der Waals surface area contributed by atoms with E-state index in [-0.39, 0.29) is 34.9 Å². The van der Waals surface area contributed by atoms with Crippen LogP contribution in [0.15, 0.2) is 53.3 Å². The van der Waals surface area contributed by atoms with Crippen LogP contribution in [0.4, 0.5) is 13.2 Å². The second kappa shape index (κ2) is 5.87. The average Bonchev–Trinajstić information content (AvgIpc) is 2.99. The van der Waals surface area contributed by atoms with E-state index in [1.807, 2.05) is 0 Å². The highest BCUT2D eigenvalue weighted by atomic mass is 19.4. The maximum Gasteiger partial charge on any atom is 0.416 e. The standard InChI is InChI=1S/C19H14F3N3O2/c1-2-24-18(27)14-9-4-3-8-13(14)15-17(26)23-16(25(15)24)11-6-5-7-12(10-11)19(20,21)22/h3-10,26H,2H2,1H3. The monoisotopic (exact) mass is 373 g/mol. The largest absolute Gasteiger partial charge is 0.492 e. The highest BCUT2D eigenvalue weighted by molar-refractivity contribution is 5.98. The first-order valence-electron chi connectivity index (χ1n) is 8.23. The van der Waals surface area contributed by atoms with E-state index in [4.69, 9.17) is 0 Å². The predicted octanol–water partition coefficient (Wildman–Crippen LogP) is 4.06. The van der Waals surface area contributed by atoms with Crippen LogP contribution in [0.25, 0.3) is 27.7 Å². The van der Waals surface area contributed by atoms with E-state index in [1.165, 1.54) is 21.3 Å². The van der Waals surface area contributed by atoms with E-state index in [2.05, 4.69) is 4.98 Å². The number of benzene rings is 2. The summed E-state index contributed by atoms with van der Waals surface area (Å²) in [7, 11) is 0. The second-order valence-electron chi connectivity index (χ2n) is 6.06. The van der Waals surface area contributed by atoms with Crippen LogP contribution in [-0.4, -0.2) is 19.3 Å². The molecule has 0 aliphatic heterocycles. The van der Waals surface area contributed by atoms with E-state index in [1.54, 1.807) is 31.2 Å². The summed E-state index contributed by atoms with van der Waals surface area (Å²) in [4.78, 5) is 16.9. The molecule has 0 saturated carbocycles. The third-order valence-corrected chi connectivity index (χ3v) is 4.47. The summed E-state index contributed by atoms with van der Waals surface area (Å²) < 4.78 is 42.0. The number of imidazole rings is 1. The Morgan fingerprint density at radius 2 is 1.78 bits per heavy atom. The van der Waals surface area contributed by atoms with Gasteiger partial charge in [-0.2, -0.15) is 18.2 Å². The highest BCUT2D eigenvalue weighted by Gasteiger charge is 2.31. The number of alkyl halides is 3. The van der Waals surface area contributed by atoms with Crippen LogP contribution in [0.2, 0.25) is 0 Å². The lowest BCUT2D eigenvalue weighted by molar-refractivity contribution is -0.137. The molecule has 0 atom stereocenters. The molecule has 4 rings (SSSR count). The fraction of sp³-hybridized carbons (Fsp3) is 0.158. The first kappa shape index (κ1) is 17.1. The van der Waals surface area contributed by atoms with Gasteiger partial charge in [0, 0.05) is 17.5 Å². The summed E-state index contributed by atoms with van der Waals surface area (Å²) in [6, 6.07) is 11.4. The normalized spacial score (nSPS) is 12.1. The molecule has 4 aromatic rings. The molecule has 0 unspecified atom stereocenters. The zero-order chi connectivity index (χ0) is 19.3. The molecule has 8 heteroatoms. The zero-order valence-corrected chi connectivity index (χ0v) is 14.2. The van der Waals surface area contributed by atoms with Crippen molar-refractivity contribution in [3.8, 4) is 17.3 Å². The van der Waals surface area contributed by atoms with Crippen LogP contribution in [0.1, 0.15) is 12.5 Å². The molecule has 138 valence electrons. The molecule has 0 saturated heterocycles. The van der Waals surface area contributed by atoms with Crippen molar-refractivity contribution in [2.45, 2.75) is 19.6 Å². The third-order valence-electron chi connectivity index (χ3n) is 4.47. The lowest BCUT2D eigenvalue weighted by Gasteiger charge is -2.13. The fourth-order valence-electron chi connectivity index (χ4n) is 3.28. The molecule has 5 nitrogen and oxygen atoms in total. The van der Waals surface area contributed by atoms with Gasteiger partial charge in [0.2, 0.25) is 5.88 Å². The topological polar surface area (TPSA) is 59.5 Å². The van der Waals surface area contributed by atoms with Crippen LogP contribution in [0.3, 0.4) is 0 Å². The van der Waals surface area contributed by atoms with Gasteiger partial charge in [-0.15, -0.1) is 0 Å². The van der Waals surface area contributed by atoms with Crippen LogP contribution in [-0.2, 0) is 12.7 Å². The van der Waals surface area contributed by atoms with E-state index >= 15 is 0 Å². The number of aromatic nitrogens is 3. The lowest BCUT2D eigenvalue weighted by Crippen LogP contribution is -2.26. The second-order valence-corrected chi connectivity index (χ2v) is 6.06. The van der Waals surface area contributed by atoms with E-state index < -0.39 is 11.7 Å². The number of halogens is 3. The van der Waals surface area contributed by atoms with Crippen LogP contribution >= 0.6 is 0 Å². The van der Waals surface area contributed by atoms with Crippen molar-refractivity contribution < 1.29 is 18.3 Å². The van der Waals surface area contributed by atoms with Crippen LogP contribution in [0, 0.1) is 0 Å². The summed E-state index contributed by atoms with van der Waals surface area (Å²) in [5.74, 6) is -0.279. The minimum atomic E-state index is -4.51. The first-order chi connectivity index (χ1) is 12.8. The lowest BCUT2D eigenvalue weighted by atomic mass is 10.1. The Labute approximate surface area is 150 Å². The van der Waals surface area contributed by atoms with Crippen molar-refractivity contribution >= 4 is 16.3 Å². The smallest absolute Gasteiger partial charge is 0.416 e. The van der Waals surface area contributed by atoms with Gasteiger partial charge in [-0.3, -0.25) is 4.79 Å². The molecule has 0 amide bonds. The Kier molecular flexibility index (Phi) is 3.73. The minimum Gasteiger partial charge on any atom is -0.492 e. The number of rotatable bonds is 2. The summed E-state index contributed by atoms with van der Waals surface area (Å²) in [5.41, 5.74) is -0.717. The molecular formula is C19H14F3N3O2. The molecule has 0 aliphatic carbocycles. The maximum absolute atomic E-state index is 13.1. The number of hydrogen-bond donors (Lipinski definition) is 1. The first-order valence-corrected chi connectivity index (χ1v) is 8.23. The van der Waals surface area contributed by atoms with Gasteiger partial charge in [0.05, 0.1) is 10.9 Å². The SMILES string of the molecule is CCn1c(=O)c2ccccc2c2c(O)nc(-c3cccc(C(F)(F)F)c3)n21. The van der Waals surface area contributed by atoms with Crippen LogP contribution in [0.5, 0.6) is 5.88 Å². The predicted molar refractivity (Wildman–Crippen MR) is 94.7 cm³/mol. The molecular weight excluding hydrogens is 359 g/mol. The molecule has 0 bridgehead atoms. The maximum atomic E-state index is 13.1. The summed E-state index contributed by atoms with van der Waals surface area (Å²) in [6.07, 6.45) is -4.51. The number of aromatic hydroxyl groups is 1. The van der Waals surface area contributed by atoms with Gasteiger partial charge in [0.25, 0.3) is 5.56 Å². The molecule has 2 aromatic carbocycles. The quantitative estimate of drug-likeness (QED) is 0.576. The Morgan fingerprint density at radius 3 is 2.44 bits per heavy atom. The number of fused-ring (bicyclic) bond motifs is 3. The fourth-order valence-corrected chi connectivity index (χ4v) is 3.28. The van der Waals surface area contributed by atoms with Crippen LogP contribution < -0.4 is 5.56 Å². The minimum absolute atomic E-state index is 0.0679. The molecule has 1 N–H and O–H groups in total. The van der Waals surface area contributed by atoms with Crippen molar-refractivity contribution in [3.63, 3.8) is 0 Å². The third kappa shape index (κ3) is 2.56. The van der Waals surface area contributed by atoms with Gasteiger partial charge in [-0.05, 0) is 25.1 Å². The summed E-state index contributed by atoms with van der Waals surface area (Å²) in [6.45, 7) is 1.99. The number of hydrogen-bond acceptors (Lipinski definition) is 3. The summed E-state index contributed by atoms with van der Waals surface area (Å²) >= 11 is 0. The van der Waals surface area contributed by atoms with Gasteiger partial charge < -0.3 is 5.11 Å². The zero-order valence-electron chi connectivity index (χ0n) is 14.2. The Morgan fingerprint density at radius 1 is 1.07 bits per heavy atom. The molecule has 0 radical (unpaired) electrons. The average molecular weight is 373 g/mol. The molecule has 0 spiro atoms. The number of aryl methyl sites for hydroxylation is 1. The molecule has 2 aromatic heterocycles. The van der Waals surface area contributed by atoms with Gasteiger partial charge in [-0.1, -0.05) is 30.3 Å². The van der Waals surface area contributed by atoms with Crippen molar-refractivity contribution in [3.05, 3.63) is 64.4 Å². The Balaban J connectivity index is 2.14. The van der Waals surface area contributed by atoms with E-state index in [9.17, 15) is 23.1 Å². The molecule has 2 heterocycles. The van der Waals surface area contributed by atoms with E-state index in [0.29, 0.717) is 10.8 Å². The van der Waals surface area contributed by atoms with Gasteiger partial charge in [0.15, 0.2) is 5.82 Å². The molecule has 27 heavy (non-hydrogen) atoms. The van der Waals surface area contributed by atoms with Gasteiger partial charge in [0.1, 0.15) is 5.52 Å². The molecule has 0 fully saturated rings. The molecule has 0 aliphatic rings. The van der Waals surface area contributed by atoms with Crippen molar-refractivity contribution in [1.82, 2.24) is 14.2 Å². The Hall–Kier alpha value is -3.29. The van der Waals surface area contributed by atoms with Crippen molar-refractivity contribution in [2.75, 3.05) is 0 Å². The summed E-state index contributed by atoms with van der Waals surface area (Å²) in [5, 5.41) is 11.3. The van der Waals surface area contributed by atoms with Gasteiger partial charge >= 0.3 is 6.18 Å². The van der Waals surface area contributed by atoms with Gasteiger partial charge in [-0.25, -0.2) is 9.20 Å².